The molecule has 1 unspecified atom stereocenters. The van der Waals surface area contributed by atoms with Crippen LogP contribution >= 0.6 is 0 Å². The van der Waals surface area contributed by atoms with Crippen LogP contribution in [0.2, 0.25) is 0 Å². The number of hydrogen-bond donors (Lipinski definition) is 1. The second kappa shape index (κ2) is 8.57. The molecule has 1 aliphatic carbocycles. The third-order valence-electron chi connectivity index (χ3n) is 5.00. The second-order valence-corrected chi connectivity index (χ2v) is 6.77. The predicted molar refractivity (Wildman–Crippen MR) is 89.2 cm³/mol. The molecule has 1 aromatic rings. The molecule has 0 bridgehead atoms. The standard InChI is InChI=1S/C18H33N3/c1-4-6-7-15-8-10-16(11-9-15)18(19-13-5-2)17-12-14-21(3)20-17/h12,14-16,18-19H,4-11,13H2,1-3H3. The average molecular weight is 291 g/mol. The summed E-state index contributed by atoms with van der Waals surface area (Å²) in [5.74, 6) is 1.75. The Balaban J connectivity index is 1.92. The SMILES string of the molecule is CCCCC1CCC(C(NCCC)c2ccn(C)n2)CC1. The van der Waals surface area contributed by atoms with Gasteiger partial charge in [0, 0.05) is 13.2 Å². The summed E-state index contributed by atoms with van der Waals surface area (Å²) >= 11 is 0. The molecule has 1 N–H and O–H groups in total. The lowest BCUT2D eigenvalue weighted by molar-refractivity contribution is 0.210. The largest absolute Gasteiger partial charge is 0.308 e. The molecule has 3 heteroatoms. The van der Waals surface area contributed by atoms with E-state index in [-0.39, 0.29) is 0 Å². The summed E-state index contributed by atoms with van der Waals surface area (Å²) in [6.07, 6.45) is 13.0. The van der Waals surface area contributed by atoms with Gasteiger partial charge in [0.1, 0.15) is 0 Å². The van der Waals surface area contributed by atoms with Crippen LogP contribution < -0.4 is 5.32 Å². The minimum atomic E-state index is 0.457. The highest BCUT2D eigenvalue weighted by Gasteiger charge is 2.29. The van der Waals surface area contributed by atoms with E-state index in [0.717, 1.165) is 18.4 Å². The minimum Gasteiger partial charge on any atom is -0.308 e. The van der Waals surface area contributed by atoms with E-state index < -0.39 is 0 Å². The fraction of sp³-hybridized carbons (Fsp3) is 0.833. The first-order valence-electron chi connectivity index (χ1n) is 8.97. The van der Waals surface area contributed by atoms with Gasteiger partial charge in [-0.25, -0.2) is 0 Å². The van der Waals surface area contributed by atoms with Gasteiger partial charge in [-0.2, -0.15) is 5.10 Å². The number of hydrogen-bond acceptors (Lipinski definition) is 2. The molecule has 1 aromatic heterocycles. The zero-order chi connectivity index (χ0) is 15.1. The molecule has 0 amide bonds. The van der Waals surface area contributed by atoms with Gasteiger partial charge in [-0.15, -0.1) is 0 Å². The van der Waals surface area contributed by atoms with E-state index in [9.17, 15) is 0 Å². The predicted octanol–water partition coefficient (Wildman–Crippen LogP) is 4.46. The van der Waals surface area contributed by atoms with Crippen molar-refractivity contribution in [1.29, 1.82) is 0 Å². The van der Waals surface area contributed by atoms with Crippen molar-refractivity contribution in [3.63, 3.8) is 0 Å². The first-order chi connectivity index (χ1) is 10.2. The number of aryl methyl sites for hydroxylation is 1. The average Bonchev–Trinajstić information content (AvgIpc) is 2.93. The highest BCUT2D eigenvalue weighted by atomic mass is 15.3. The zero-order valence-corrected chi connectivity index (χ0v) is 14.1. The van der Waals surface area contributed by atoms with Crippen molar-refractivity contribution in [2.45, 2.75) is 71.3 Å². The Bertz CT molecular complexity index is 391. The van der Waals surface area contributed by atoms with Crippen LogP contribution in [0.15, 0.2) is 12.3 Å². The molecule has 3 nitrogen and oxygen atoms in total. The van der Waals surface area contributed by atoms with E-state index in [0.29, 0.717) is 6.04 Å². The number of rotatable bonds is 8. The summed E-state index contributed by atoms with van der Waals surface area (Å²) in [4.78, 5) is 0. The van der Waals surface area contributed by atoms with Gasteiger partial charge >= 0.3 is 0 Å². The Hall–Kier alpha value is -0.830. The number of nitrogens with zero attached hydrogens (tertiary/aromatic N) is 2. The fourth-order valence-corrected chi connectivity index (χ4v) is 3.71. The lowest BCUT2D eigenvalue weighted by Gasteiger charge is -2.34. The molecule has 2 rings (SSSR count). The lowest BCUT2D eigenvalue weighted by atomic mass is 9.76. The number of aromatic nitrogens is 2. The molecule has 1 aliphatic rings. The van der Waals surface area contributed by atoms with Gasteiger partial charge in [0.25, 0.3) is 0 Å². The van der Waals surface area contributed by atoms with Crippen LogP contribution in [0.25, 0.3) is 0 Å². The summed E-state index contributed by atoms with van der Waals surface area (Å²) in [6, 6.07) is 2.65. The summed E-state index contributed by atoms with van der Waals surface area (Å²) in [5, 5.41) is 8.41. The lowest BCUT2D eigenvalue weighted by Crippen LogP contribution is -2.32. The van der Waals surface area contributed by atoms with Gasteiger partial charge < -0.3 is 5.32 Å². The van der Waals surface area contributed by atoms with Gasteiger partial charge in [-0.05, 0) is 43.7 Å². The maximum atomic E-state index is 4.66. The summed E-state index contributed by atoms with van der Waals surface area (Å²) in [7, 11) is 2.02. The summed E-state index contributed by atoms with van der Waals surface area (Å²) in [6.45, 7) is 5.64. The van der Waals surface area contributed by atoms with Crippen molar-refractivity contribution >= 4 is 0 Å². The van der Waals surface area contributed by atoms with Crippen molar-refractivity contribution in [2.24, 2.45) is 18.9 Å². The van der Waals surface area contributed by atoms with Gasteiger partial charge in [0.15, 0.2) is 0 Å². The minimum absolute atomic E-state index is 0.457. The monoisotopic (exact) mass is 291 g/mol. The Morgan fingerprint density at radius 1 is 1.24 bits per heavy atom. The van der Waals surface area contributed by atoms with E-state index in [1.807, 2.05) is 11.7 Å². The topological polar surface area (TPSA) is 29.9 Å². The second-order valence-electron chi connectivity index (χ2n) is 6.77. The van der Waals surface area contributed by atoms with Crippen LogP contribution in [0.3, 0.4) is 0 Å². The molecule has 1 atom stereocenters. The van der Waals surface area contributed by atoms with Crippen LogP contribution in [0.4, 0.5) is 0 Å². The maximum absolute atomic E-state index is 4.66. The van der Waals surface area contributed by atoms with Crippen LogP contribution in [0, 0.1) is 11.8 Å². The van der Waals surface area contributed by atoms with Crippen molar-refractivity contribution < 1.29 is 0 Å². The molecule has 0 aromatic carbocycles. The third kappa shape index (κ3) is 4.84. The van der Waals surface area contributed by atoms with Crippen molar-refractivity contribution in [3.05, 3.63) is 18.0 Å². The molecule has 0 aliphatic heterocycles. The number of nitrogens with one attached hydrogen (secondary N) is 1. The smallest absolute Gasteiger partial charge is 0.0796 e. The van der Waals surface area contributed by atoms with Gasteiger partial charge in [0.05, 0.1) is 11.7 Å². The quantitative estimate of drug-likeness (QED) is 0.766. The Morgan fingerprint density at radius 2 is 2.00 bits per heavy atom. The molecule has 0 radical (unpaired) electrons. The summed E-state index contributed by atoms with van der Waals surface area (Å²) in [5.41, 5.74) is 1.24. The molecular weight excluding hydrogens is 258 g/mol. The summed E-state index contributed by atoms with van der Waals surface area (Å²) < 4.78 is 1.93. The van der Waals surface area contributed by atoms with Crippen LogP contribution in [-0.4, -0.2) is 16.3 Å². The van der Waals surface area contributed by atoms with E-state index in [2.05, 4.69) is 36.5 Å². The van der Waals surface area contributed by atoms with Crippen molar-refractivity contribution in [3.8, 4) is 0 Å². The van der Waals surface area contributed by atoms with Gasteiger partial charge in [-0.3, -0.25) is 4.68 Å². The van der Waals surface area contributed by atoms with E-state index in [1.165, 1.54) is 57.1 Å². The van der Waals surface area contributed by atoms with Crippen LogP contribution in [0.1, 0.15) is 76.9 Å². The molecule has 120 valence electrons. The molecule has 1 saturated carbocycles. The molecule has 1 heterocycles. The van der Waals surface area contributed by atoms with Gasteiger partial charge in [0.2, 0.25) is 0 Å². The van der Waals surface area contributed by atoms with E-state index in [1.54, 1.807) is 0 Å². The fourth-order valence-electron chi connectivity index (χ4n) is 3.71. The maximum Gasteiger partial charge on any atom is 0.0796 e. The Morgan fingerprint density at radius 3 is 2.57 bits per heavy atom. The first-order valence-corrected chi connectivity index (χ1v) is 8.97. The van der Waals surface area contributed by atoms with Gasteiger partial charge in [-0.1, -0.05) is 46.0 Å². The Labute approximate surface area is 130 Å². The molecule has 21 heavy (non-hydrogen) atoms. The zero-order valence-electron chi connectivity index (χ0n) is 14.1. The van der Waals surface area contributed by atoms with Crippen molar-refractivity contribution in [2.75, 3.05) is 6.54 Å². The molecule has 1 fully saturated rings. The Kier molecular flexibility index (Phi) is 6.75. The van der Waals surface area contributed by atoms with E-state index >= 15 is 0 Å². The molecule has 0 spiro atoms. The molecule has 0 saturated heterocycles. The highest BCUT2D eigenvalue weighted by Crippen LogP contribution is 2.38. The van der Waals surface area contributed by atoms with Crippen molar-refractivity contribution in [1.82, 2.24) is 15.1 Å². The van der Waals surface area contributed by atoms with Crippen LogP contribution in [-0.2, 0) is 7.05 Å². The van der Waals surface area contributed by atoms with E-state index in [4.69, 9.17) is 0 Å². The van der Waals surface area contributed by atoms with Crippen LogP contribution in [0.5, 0.6) is 0 Å². The normalized spacial score (nSPS) is 24.1. The third-order valence-corrected chi connectivity index (χ3v) is 5.00. The number of unbranched alkanes of at least 4 members (excludes halogenated alkanes) is 1. The first kappa shape index (κ1) is 16.5. The molecular formula is C18H33N3. The highest BCUT2D eigenvalue weighted by molar-refractivity contribution is 5.07.